The minimum Gasteiger partial charge on any atom is -0.460 e. The number of hydrogen-bond acceptors (Lipinski definition) is 6. The van der Waals surface area contributed by atoms with Crippen LogP contribution in [0.3, 0.4) is 0 Å². The average molecular weight is 543 g/mol. The van der Waals surface area contributed by atoms with E-state index < -0.39 is 23.5 Å². The van der Waals surface area contributed by atoms with Crippen LogP contribution in [0.5, 0.6) is 0 Å². The standard InChI is InChI=1S/C33H38N2O5/c1-33(2,3)40-30(36)22-35-29-17-11-10-16-26(29)18-19-28(31(35)37)34-21-20-27(25-14-8-5-9-15-25)32(38)39-23-24-12-6-4-7-13-24/h4-17,27-28,34H,18-23H2,1-3H3. The number of anilines is 1. The first kappa shape index (κ1) is 29.0. The van der Waals surface area contributed by atoms with Gasteiger partial charge >= 0.3 is 11.9 Å². The number of nitrogens with zero attached hydrogens (tertiary/aromatic N) is 1. The summed E-state index contributed by atoms with van der Waals surface area (Å²) in [6.45, 7) is 5.89. The second-order valence-electron chi connectivity index (χ2n) is 11.0. The van der Waals surface area contributed by atoms with Crippen LogP contribution in [-0.2, 0) is 36.9 Å². The number of esters is 2. The summed E-state index contributed by atoms with van der Waals surface area (Å²) in [6, 6.07) is 26.3. The first-order chi connectivity index (χ1) is 19.2. The molecule has 0 saturated carbocycles. The van der Waals surface area contributed by atoms with Crippen molar-refractivity contribution in [1.29, 1.82) is 0 Å². The van der Waals surface area contributed by atoms with Gasteiger partial charge in [0.05, 0.1) is 12.0 Å². The molecule has 7 nitrogen and oxygen atoms in total. The predicted octanol–water partition coefficient (Wildman–Crippen LogP) is 5.18. The molecule has 2 atom stereocenters. The van der Waals surface area contributed by atoms with Gasteiger partial charge in [-0.3, -0.25) is 19.3 Å². The quantitative estimate of drug-likeness (QED) is 0.355. The highest BCUT2D eigenvalue weighted by Crippen LogP contribution is 2.28. The molecule has 3 aromatic rings. The summed E-state index contributed by atoms with van der Waals surface area (Å²) in [7, 11) is 0. The van der Waals surface area contributed by atoms with Crippen LogP contribution in [-0.4, -0.2) is 42.6 Å². The maximum Gasteiger partial charge on any atom is 0.326 e. The Morgan fingerprint density at radius 1 is 0.950 bits per heavy atom. The smallest absolute Gasteiger partial charge is 0.326 e. The van der Waals surface area contributed by atoms with E-state index in [4.69, 9.17) is 9.47 Å². The van der Waals surface area contributed by atoms with E-state index in [1.165, 1.54) is 4.90 Å². The monoisotopic (exact) mass is 542 g/mol. The van der Waals surface area contributed by atoms with Crippen molar-refractivity contribution in [2.45, 2.75) is 64.2 Å². The molecule has 2 unspecified atom stereocenters. The lowest BCUT2D eigenvalue weighted by molar-refractivity contribution is -0.153. The predicted molar refractivity (Wildman–Crippen MR) is 155 cm³/mol. The summed E-state index contributed by atoms with van der Waals surface area (Å²) in [5.41, 5.74) is 2.89. The van der Waals surface area contributed by atoms with Gasteiger partial charge < -0.3 is 14.8 Å². The molecule has 0 aliphatic carbocycles. The Labute approximate surface area is 236 Å². The van der Waals surface area contributed by atoms with Crippen molar-refractivity contribution in [2.75, 3.05) is 18.0 Å². The van der Waals surface area contributed by atoms with Gasteiger partial charge in [0.25, 0.3) is 0 Å². The molecule has 1 heterocycles. The first-order valence-electron chi connectivity index (χ1n) is 13.8. The van der Waals surface area contributed by atoms with E-state index in [0.717, 1.165) is 22.4 Å². The molecule has 1 amide bonds. The third kappa shape index (κ3) is 8.02. The lowest BCUT2D eigenvalue weighted by atomic mass is 9.95. The van der Waals surface area contributed by atoms with Crippen molar-refractivity contribution in [1.82, 2.24) is 5.32 Å². The van der Waals surface area contributed by atoms with Crippen LogP contribution in [0.4, 0.5) is 5.69 Å². The highest BCUT2D eigenvalue weighted by molar-refractivity contribution is 6.02. The molecular formula is C33H38N2O5. The number of carbonyl (C=O) groups excluding carboxylic acids is 3. The number of rotatable bonds is 10. The minimum absolute atomic E-state index is 0.163. The van der Waals surface area contributed by atoms with Crippen LogP contribution in [0.1, 0.15) is 56.2 Å². The molecule has 0 fully saturated rings. The van der Waals surface area contributed by atoms with E-state index in [9.17, 15) is 14.4 Å². The molecule has 210 valence electrons. The molecule has 0 bridgehead atoms. The van der Waals surface area contributed by atoms with Gasteiger partial charge in [0.2, 0.25) is 5.91 Å². The Bertz CT molecular complexity index is 1290. The summed E-state index contributed by atoms with van der Waals surface area (Å²) in [5.74, 6) is -1.42. The molecule has 1 N–H and O–H groups in total. The molecule has 1 aliphatic rings. The second kappa shape index (κ2) is 13.4. The topological polar surface area (TPSA) is 84.9 Å². The van der Waals surface area contributed by atoms with Gasteiger partial charge in [-0.25, -0.2) is 0 Å². The number of hydrogen-bond donors (Lipinski definition) is 1. The molecule has 40 heavy (non-hydrogen) atoms. The third-order valence-corrected chi connectivity index (χ3v) is 6.79. The summed E-state index contributed by atoms with van der Waals surface area (Å²) in [5, 5.41) is 3.38. The Kier molecular flexibility index (Phi) is 9.72. The summed E-state index contributed by atoms with van der Waals surface area (Å²) in [6.07, 6.45) is 1.72. The van der Waals surface area contributed by atoms with Gasteiger partial charge in [-0.05, 0) is 69.3 Å². The Hall–Kier alpha value is -3.97. The van der Waals surface area contributed by atoms with Gasteiger partial charge in [-0.15, -0.1) is 0 Å². The Morgan fingerprint density at radius 2 is 1.60 bits per heavy atom. The van der Waals surface area contributed by atoms with Crippen LogP contribution >= 0.6 is 0 Å². The van der Waals surface area contributed by atoms with Gasteiger partial charge in [0.1, 0.15) is 18.8 Å². The molecule has 7 heteroatoms. The number of benzene rings is 3. The zero-order valence-electron chi connectivity index (χ0n) is 23.5. The Morgan fingerprint density at radius 3 is 2.30 bits per heavy atom. The highest BCUT2D eigenvalue weighted by Gasteiger charge is 2.33. The van der Waals surface area contributed by atoms with Crippen LogP contribution in [0.15, 0.2) is 84.9 Å². The maximum atomic E-state index is 13.7. The zero-order chi connectivity index (χ0) is 28.5. The number of nitrogens with one attached hydrogen (secondary N) is 1. The van der Waals surface area contributed by atoms with Gasteiger partial charge in [0, 0.05) is 5.69 Å². The van der Waals surface area contributed by atoms with Crippen molar-refractivity contribution in [3.05, 3.63) is 102 Å². The molecule has 0 radical (unpaired) electrons. The lowest BCUT2D eigenvalue weighted by Crippen LogP contribution is -2.48. The number of para-hydroxylation sites is 1. The lowest BCUT2D eigenvalue weighted by Gasteiger charge is -2.28. The number of amides is 1. The molecule has 3 aromatic carbocycles. The molecule has 0 saturated heterocycles. The summed E-state index contributed by atoms with van der Waals surface area (Å²) < 4.78 is 11.2. The minimum atomic E-state index is -0.648. The molecule has 0 aromatic heterocycles. The zero-order valence-corrected chi connectivity index (χ0v) is 23.5. The van der Waals surface area contributed by atoms with Crippen molar-refractivity contribution in [2.24, 2.45) is 0 Å². The van der Waals surface area contributed by atoms with E-state index in [2.05, 4.69) is 5.32 Å². The number of aryl methyl sites for hydroxylation is 1. The van der Waals surface area contributed by atoms with Crippen molar-refractivity contribution < 1.29 is 23.9 Å². The van der Waals surface area contributed by atoms with Crippen molar-refractivity contribution in [3.63, 3.8) is 0 Å². The number of fused-ring (bicyclic) bond motifs is 1. The maximum absolute atomic E-state index is 13.7. The van der Waals surface area contributed by atoms with Crippen LogP contribution < -0.4 is 10.2 Å². The normalized spacial score (nSPS) is 16.0. The molecule has 0 spiro atoms. The Balaban J connectivity index is 1.44. The van der Waals surface area contributed by atoms with Crippen molar-refractivity contribution in [3.8, 4) is 0 Å². The van der Waals surface area contributed by atoms with Crippen LogP contribution in [0.2, 0.25) is 0 Å². The largest absolute Gasteiger partial charge is 0.460 e. The fourth-order valence-corrected chi connectivity index (χ4v) is 4.91. The van der Waals surface area contributed by atoms with E-state index in [-0.39, 0.29) is 25.0 Å². The van der Waals surface area contributed by atoms with Gasteiger partial charge in [0.15, 0.2) is 0 Å². The fourth-order valence-electron chi connectivity index (χ4n) is 4.91. The van der Waals surface area contributed by atoms with Gasteiger partial charge in [-0.2, -0.15) is 0 Å². The van der Waals surface area contributed by atoms with Crippen LogP contribution in [0.25, 0.3) is 0 Å². The third-order valence-electron chi connectivity index (χ3n) is 6.79. The summed E-state index contributed by atoms with van der Waals surface area (Å²) in [4.78, 5) is 41.1. The number of ether oxygens (including phenoxy) is 2. The summed E-state index contributed by atoms with van der Waals surface area (Å²) >= 11 is 0. The van der Waals surface area contributed by atoms with E-state index in [0.29, 0.717) is 25.8 Å². The average Bonchev–Trinajstić information content (AvgIpc) is 3.06. The first-order valence-corrected chi connectivity index (χ1v) is 13.8. The molecule has 1 aliphatic heterocycles. The van der Waals surface area contributed by atoms with E-state index in [1.54, 1.807) is 0 Å². The van der Waals surface area contributed by atoms with Gasteiger partial charge in [-0.1, -0.05) is 78.9 Å². The van der Waals surface area contributed by atoms with Crippen LogP contribution in [0, 0.1) is 0 Å². The SMILES string of the molecule is CC(C)(C)OC(=O)CN1C(=O)C(NCCC(C(=O)OCc2ccccc2)c2ccccc2)CCc2ccccc21. The molecular weight excluding hydrogens is 504 g/mol. The van der Waals surface area contributed by atoms with E-state index in [1.807, 2.05) is 106 Å². The second-order valence-corrected chi connectivity index (χ2v) is 11.0. The fraction of sp³-hybridized carbons (Fsp3) is 0.364. The number of carbonyl (C=O) groups is 3. The molecule has 4 rings (SSSR count). The highest BCUT2D eigenvalue weighted by atomic mass is 16.6. The van der Waals surface area contributed by atoms with E-state index >= 15 is 0 Å². The van der Waals surface area contributed by atoms with Crippen molar-refractivity contribution >= 4 is 23.5 Å².